The van der Waals surface area contributed by atoms with Crippen LogP contribution in [0.15, 0.2) is 54.6 Å². The highest BCUT2D eigenvalue weighted by atomic mass is 16.5. The first-order valence-corrected chi connectivity index (χ1v) is 7.44. The van der Waals surface area contributed by atoms with Crippen LogP contribution in [-0.2, 0) is 4.79 Å². The number of anilines is 1. The molecule has 2 rings (SSSR count). The fourth-order valence-electron chi connectivity index (χ4n) is 2.05. The topological polar surface area (TPSA) is 58.6 Å². The highest BCUT2D eigenvalue weighted by Crippen LogP contribution is 2.16. The van der Waals surface area contributed by atoms with Gasteiger partial charge < -0.3 is 15.0 Å². The standard InChI is InChI=1S/C19H20N2O3/c1-21(2)19(23)15-10-7-14(8-11-15)9-12-18(22)20-16-5-4-6-17(13-16)24-3/h4-13H,1-3H3,(H,20,22)/b12-9+. The van der Waals surface area contributed by atoms with E-state index < -0.39 is 0 Å². The van der Waals surface area contributed by atoms with Gasteiger partial charge in [-0.25, -0.2) is 0 Å². The van der Waals surface area contributed by atoms with Gasteiger partial charge in [0.15, 0.2) is 0 Å². The van der Waals surface area contributed by atoms with Crippen molar-refractivity contribution in [3.63, 3.8) is 0 Å². The molecule has 0 aromatic heterocycles. The number of carbonyl (C=O) groups excluding carboxylic acids is 2. The van der Waals surface area contributed by atoms with Crippen LogP contribution in [0.5, 0.6) is 5.75 Å². The van der Waals surface area contributed by atoms with E-state index in [9.17, 15) is 9.59 Å². The minimum atomic E-state index is -0.239. The largest absolute Gasteiger partial charge is 0.497 e. The van der Waals surface area contributed by atoms with Crippen molar-refractivity contribution in [3.05, 3.63) is 65.7 Å². The first-order valence-electron chi connectivity index (χ1n) is 7.44. The Kier molecular flexibility index (Phi) is 5.73. The third-order valence-electron chi connectivity index (χ3n) is 3.33. The summed E-state index contributed by atoms with van der Waals surface area (Å²) in [6.45, 7) is 0. The Bertz CT molecular complexity index is 749. The average molecular weight is 324 g/mol. The number of nitrogens with zero attached hydrogens (tertiary/aromatic N) is 1. The summed E-state index contributed by atoms with van der Waals surface area (Å²) in [6.07, 6.45) is 3.14. The molecule has 0 heterocycles. The molecule has 124 valence electrons. The number of nitrogens with one attached hydrogen (secondary N) is 1. The lowest BCUT2D eigenvalue weighted by molar-refractivity contribution is -0.111. The van der Waals surface area contributed by atoms with Crippen LogP contribution in [0.1, 0.15) is 15.9 Å². The van der Waals surface area contributed by atoms with Crippen molar-refractivity contribution >= 4 is 23.6 Å². The second-order valence-corrected chi connectivity index (χ2v) is 5.38. The molecule has 0 saturated heterocycles. The van der Waals surface area contributed by atoms with Gasteiger partial charge in [0.1, 0.15) is 5.75 Å². The summed E-state index contributed by atoms with van der Waals surface area (Å²) in [7, 11) is 4.99. The monoisotopic (exact) mass is 324 g/mol. The summed E-state index contributed by atoms with van der Waals surface area (Å²) in [6, 6.07) is 14.2. The van der Waals surface area contributed by atoms with Gasteiger partial charge in [-0.05, 0) is 35.9 Å². The van der Waals surface area contributed by atoms with Crippen LogP contribution in [0.3, 0.4) is 0 Å². The minimum absolute atomic E-state index is 0.0544. The summed E-state index contributed by atoms with van der Waals surface area (Å²) >= 11 is 0. The third-order valence-corrected chi connectivity index (χ3v) is 3.33. The summed E-state index contributed by atoms with van der Waals surface area (Å²) in [5, 5.41) is 2.76. The molecule has 0 spiro atoms. The second-order valence-electron chi connectivity index (χ2n) is 5.38. The number of methoxy groups -OCH3 is 1. The Morgan fingerprint density at radius 1 is 1.08 bits per heavy atom. The van der Waals surface area contributed by atoms with Gasteiger partial charge in [0.25, 0.3) is 5.91 Å². The molecule has 5 nitrogen and oxygen atoms in total. The number of hydrogen-bond donors (Lipinski definition) is 1. The smallest absolute Gasteiger partial charge is 0.253 e. The number of ether oxygens (including phenoxy) is 1. The molecule has 0 bridgehead atoms. The molecule has 0 aliphatic rings. The zero-order valence-corrected chi connectivity index (χ0v) is 13.9. The van der Waals surface area contributed by atoms with Crippen molar-refractivity contribution in [1.82, 2.24) is 4.90 Å². The van der Waals surface area contributed by atoms with Crippen molar-refractivity contribution in [2.75, 3.05) is 26.5 Å². The van der Waals surface area contributed by atoms with Crippen molar-refractivity contribution in [1.29, 1.82) is 0 Å². The van der Waals surface area contributed by atoms with Gasteiger partial charge in [0.05, 0.1) is 7.11 Å². The van der Waals surface area contributed by atoms with E-state index in [1.807, 2.05) is 6.07 Å². The molecule has 2 amide bonds. The van der Waals surface area contributed by atoms with Gasteiger partial charge in [0.2, 0.25) is 5.91 Å². The highest BCUT2D eigenvalue weighted by molar-refractivity contribution is 6.02. The van der Waals surface area contributed by atoms with Gasteiger partial charge in [-0.1, -0.05) is 18.2 Å². The molecule has 2 aromatic carbocycles. The number of carbonyl (C=O) groups is 2. The van der Waals surface area contributed by atoms with Crippen molar-refractivity contribution in [3.8, 4) is 5.75 Å². The predicted molar refractivity (Wildman–Crippen MR) is 95.1 cm³/mol. The van der Waals surface area contributed by atoms with E-state index in [-0.39, 0.29) is 11.8 Å². The Morgan fingerprint density at radius 2 is 1.79 bits per heavy atom. The normalized spacial score (nSPS) is 10.5. The van der Waals surface area contributed by atoms with Gasteiger partial charge in [-0.15, -0.1) is 0 Å². The van der Waals surface area contributed by atoms with E-state index in [0.717, 1.165) is 5.56 Å². The maximum atomic E-state index is 12.0. The second kappa shape index (κ2) is 7.97. The molecule has 0 radical (unpaired) electrons. The molecule has 0 aliphatic carbocycles. The SMILES string of the molecule is COc1cccc(NC(=O)/C=C/c2ccc(C(=O)N(C)C)cc2)c1. The van der Waals surface area contributed by atoms with E-state index in [1.165, 1.54) is 11.0 Å². The summed E-state index contributed by atoms with van der Waals surface area (Å²) in [4.78, 5) is 25.3. The van der Waals surface area contributed by atoms with E-state index in [0.29, 0.717) is 17.0 Å². The fourth-order valence-corrected chi connectivity index (χ4v) is 2.05. The number of rotatable bonds is 5. The van der Waals surface area contributed by atoms with Gasteiger partial charge in [-0.3, -0.25) is 9.59 Å². The lowest BCUT2D eigenvalue weighted by Crippen LogP contribution is -2.21. The molecule has 5 heteroatoms. The van der Waals surface area contributed by atoms with Gasteiger partial charge >= 0.3 is 0 Å². The molecule has 0 atom stereocenters. The molecular weight excluding hydrogens is 304 g/mol. The molecule has 0 unspecified atom stereocenters. The molecule has 0 saturated carbocycles. The fraction of sp³-hybridized carbons (Fsp3) is 0.158. The summed E-state index contributed by atoms with van der Waals surface area (Å²) < 4.78 is 5.11. The lowest BCUT2D eigenvalue weighted by Gasteiger charge is -2.09. The Hall–Kier alpha value is -3.08. The average Bonchev–Trinajstić information content (AvgIpc) is 2.60. The Labute approximate surface area is 141 Å². The molecule has 1 N–H and O–H groups in total. The van der Waals surface area contributed by atoms with Crippen LogP contribution < -0.4 is 10.1 Å². The first kappa shape index (κ1) is 17.3. The number of amides is 2. The molecule has 0 aliphatic heterocycles. The predicted octanol–water partition coefficient (Wildman–Crippen LogP) is 3.05. The van der Waals surface area contributed by atoms with E-state index in [2.05, 4.69) is 5.32 Å². The molecule has 24 heavy (non-hydrogen) atoms. The molecule has 0 fully saturated rings. The van der Waals surface area contributed by atoms with Crippen molar-refractivity contribution in [2.45, 2.75) is 0 Å². The maximum absolute atomic E-state index is 12.0. The van der Waals surface area contributed by atoms with Crippen molar-refractivity contribution in [2.24, 2.45) is 0 Å². The van der Waals surface area contributed by atoms with E-state index in [1.54, 1.807) is 69.7 Å². The third kappa shape index (κ3) is 4.71. The highest BCUT2D eigenvalue weighted by Gasteiger charge is 2.06. The Morgan fingerprint density at radius 3 is 2.42 bits per heavy atom. The zero-order chi connectivity index (χ0) is 17.5. The van der Waals surface area contributed by atoms with Crippen LogP contribution in [0.2, 0.25) is 0 Å². The zero-order valence-electron chi connectivity index (χ0n) is 13.9. The van der Waals surface area contributed by atoms with Crippen molar-refractivity contribution < 1.29 is 14.3 Å². The summed E-state index contributed by atoms with van der Waals surface area (Å²) in [5.41, 5.74) is 2.11. The van der Waals surface area contributed by atoms with Crippen LogP contribution in [0, 0.1) is 0 Å². The van der Waals surface area contributed by atoms with Crippen LogP contribution >= 0.6 is 0 Å². The maximum Gasteiger partial charge on any atom is 0.253 e. The molecular formula is C19H20N2O3. The van der Waals surface area contributed by atoms with E-state index in [4.69, 9.17) is 4.74 Å². The lowest BCUT2D eigenvalue weighted by atomic mass is 10.1. The Balaban J connectivity index is 1.99. The number of benzene rings is 2. The van der Waals surface area contributed by atoms with Crippen LogP contribution in [0.25, 0.3) is 6.08 Å². The minimum Gasteiger partial charge on any atom is -0.497 e. The quantitative estimate of drug-likeness (QED) is 0.860. The van der Waals surface area contributed by atoms with Gasteiger partial charge in [0, 0.05) is 37.5 Å². The van der Waals surface area contributed by atoms with Gasteiger partial charge in [-0.2, -0.15) is 0 Å². The number of hydrogen-bond acceptors (Lipinski definition) is 3. The summed E-state index contributed by atoms with van der Waals surface area (Å²) in [5.74, 6) is 0.385. The van der Waals surface area contributed by atoms with Crippen LogP contribution in [-0.4, -0.2) is 37.9 Å². The first-order chi connectivity index (χ1) is 11.5. The van der Waals surface area contributed by atoms with E-state index >= 15 is 0 Å². The molecule has 2 aromatic rings. The van der Waals surface area contributed by atoms with Crippen LogP contribution in [0.4, 0.5) is 5.69 Å².